The maximum Gasteiger partial charge on any atom is 0.240 e. The second-order valence-electron chi connectivity index (χ2n) is 3.74. The van der Waals surface area contributed by atoms with Crippen molar-refractivity contribution >= 4 is 17.5 Å². The van der Waals surface area contributed by atoms with Gasteiger partial charge in [-0.15, -0.1) is 11.6 Å². The van der Waals surface area contributed by atoms with Crippen molar-refractivity contribution in [2.75, 3.05) is 7.05 Å². The highest BCUT2D eigenvalue weighted by Gasteiger charge is 2.15. The first-order chi connectivity index (χ1) is 7.02. The van der Waals surface area contributed by atoms with Crippen LogP contribution in [0.5, 0.6) is 0 Å². The lowest BCUT2D eigenvalue weighted by molar-refractivity contribution is -0.129. The standard InChI is InChI=1S/C12H16ClNO/c1-9-6-4-5-7-11(9)8-14(3)12(15)10(2)13/h4-7,10H,8H2,1-3H3. The first kappa shape index (κ1) is 12.1. The van der Waals surface area contributed by atoms with Crippen LogP contribution in [0.2, 0.25) is 0 Å². The van der Waals surface area contributed by atoms with Crippen molar-refractivity contribution in [2.45, 2.75) is 25.8 Å². The molecular weight excluding hydrogens is 210 g/mol. The minimum absolute atomic E-state index is 0.0417. The lowest BCUT2D eigenvalue weighted by Crippen LogP contribution is -2.31. The van der Waals surface area contributed by atoms with Crippen LogP contribution in [-0.4, -0.2) is 23.2 Å². The lowest BCUT2D eigenvalue weighted by Gasteiger charge is -2.19. The molecule has 0 spiro atoms. The van der Waals surface area contributed by atoms with Crippen molar-refractivity contribution in [1.29, 1.82) is 0 Å². The summed E-state index contributed by atoms with van der Waals surface area (Å²) >= 11 is 5.74. The molecule has 0 saturated heterocycles. The number of aryl methyl sites for hydroxylation is 1. The highest BCUT2D eigenvalue weighted by molar-refractivity contribution is 6.30. The van der Waals surface area contributed by atoms with Crippen LogP contribution in [0.1, 0.15) is 18.1 Å². The van der Waals surface area contributed by atoms with Gasteiger partial charge in [-0.05, 0) is 25.0 Å². The summed E-state index contributed by atoms with van der Waals surface area (Å²) < 4.78 is 0. The Labute approximate surface area is 95.8 Å². The maximum absolute atomic E-state index is 11.6. The van der Waals surface area contributed by atoms with E-state index in [2.05, 4.69) is 0 Å². The fraction of sp³-hybridized carbons (Fsp3) is 0.417. The molecule has 1 amide bonds. The highest BCUT2D eigenvalue weighted by atomic mass is 35.5. The quantitative estimate of drug-likeness (QED) is 0.725. The van der Waals surface area contributed by atoms with E-state index in [-0.39, 0.29) is 5.91 Å². The average molecular weight is 226 g/mol. The van der Waals surface area contributed by atoms with Crippen LogP contribution >= 0.6 is 11.6 Å². The maximum atomic E-state index is 11.6. The van der Waals surface area contributed by atoms with E-state index in [1.165, 1.54) is 5.56 Å². The zero-order valence-electron chi connectivity index (χ0n) is 9.33. The van der Waals surface area contributed by atoms with Gasteiger partial charge in [0.05, 0.1) is 0 Å². The third-order valence-corrected chi connectivity index (χ3v) is 2.57. The van der Waals surface area contributed by atoms with E-state index in [4.69, 9.17) is 11.6 Å². The molecule has 1 aromatic carbocycles. The van der Waals surface area contributed by atoms with Crippen molar-refractivity contribution in [3.63, 3.8) is 0 Å². The summed E-state index contributed by atoms with van der Waals surface area (Å²) in [6.07, 6.45) is 0. The third-order valence-electron chi connectivity index (χ3n) is 2.39. The van der Waals surface area contributed by atoms with E-state index in [1.807, 2.05) is 31.2 Å². The molecule has 0 aromatic heterocycles. The van der Waals surface area contributed by atoms with Gasteiger partial charge in [0.15, 0.2) is 0 Å². The first-order valence-corrected chi connectivity index (χ1v) is 5.39. The second-order valence-corrected chi connectivity index (χ2v) is 4.39. The van der Waals surface area contributed by atoms with Gasteiger partial charge in [-0.3, -0.25) is 4.79 Å². The van der Waals surface area contributed by atoms with E-state index in [0.29, 0.717) is 6.54 Å². The van der Waals surface area contributed by atoms with Crippen LogP contribution in [0.3, 0.4) is 0 Å². The van der Waals surface area contributed by atoms with Crippen molar-refractivity contribution < 1.29 is 4.79 Å². The molecule has 2 nitrogen and oxygen atoms in total. The fourth-order valence-corrected chi connectivity index (χ4v) is 1.59. The summed E-state index contributed by atoms with van der Waals surface area (Å²) in [5.74, 6) is -0.0417. The third kappa shape index (κ3) is 3.24. The molecular formula is C12H16ClNO. The molecule has 0 aliphatic rings. The smallest absolute Gasteiger partial charge is 0.240 e. The number of carbonyl (C=O) groups excluding carboxylic acids is 1. The average Bonchev–Trinajstić information content (AvgIpc) is 2.20. The molecule has 0 saturated carbocycles. The molecule has 0 aliphatic heterocycles. The number of carbonyl (C=O) groups is 1. The Morgan fingerprint density at radius 2 is 2.07 bits per heavy atom. The molecule has 0 fully saturated rings. The van der Waals surface area contributed by atoms with E-state index in [0.717, 1.165) is 5.56 Å². The minimum atomic E-state index is -0.459. The predicted octanol–water partition coefficient (Wildman–Crippen LogP) is 2.58. The largest absolute Gasteiger partial charge is 0.340 e. The Kier molecular flexibility index (Phi) is 4.15. The number of amides is 1. The van der Waals surface area contributed by atoms with Gasteiger partial charge in [-0.2, -0.15) is 0 Å². The molecule has 82 valence electrons. The van der Waals surface area contributed by atoms with Crippen LogP contribution in [0.15, 0.2) is 24.3 Å². The zero-order valence-corrected chi connectivity index (χ0v) is 10.1. The van der Waals surface area contributed by atoms with Gasteiger partial charge in [-0.1, -0.05) is 24.3 Å². The Hall–Kier alpha value is -1.02. The summed E-state index contributed by atoms with van der Waals surface area (Å²) in [6.45, 7) is 4.35. The Bertz CT molecular complexity index is 349. The number of benzene rings is 1. The Balaban J connectivity index is 2.71. The molecule has 0 aliphatic carbocycles. The fourth-order valence-electron chi connectivity index (χ4n) is 1.42. The molecule has 0 bridgehead atoms. The highest BCUT2D eigenvalue weighted by Crippen LogP contribution is 2.11. The zero-order chi connectivity index (χ0) is 11.4. The lowest BCUT2D eigenvalue weighted by atomic mass is 10.1. The van der Waals surface area contributed by atoms with Crippen LogP contribution in [0, 0.1) is 6.92 Å². The topological polar surface area (TPSA) is 20.3 Å². The van der Waals surface area contributed by atoms with Gasteiger partial charge in [0.2, 0.25) is 5.91 Å². The number of hydrogen-bond acceptors (Lipinski definition) is 1. The number of hydrogen-bond donors (Lipinski definition) is 0. The monoisotopic (exact) mass is 225 g/mol. The molecule has 0 heterocycles. The predicted molar refractivity (Wildman–Crippen MR) is 63.0 cm³/mol. The normalized spacial score (nSPS) is 12.3. The Morgan fingerprint density at radius 1 is 1.47 bits per heavy atom. The molecule has 1 unspecified atom stereocenters. The summed E-state index contributed by atoms with van der Waals surface area (Å²) in [5, 5.41) is -0.459. The van der Waals surface area contributed by atoms with Crippen molar-refractivity contribution in [3.05, 3.63) is 35.4 Å². The summed E-state index contributed by atoms with van der Waals surface area (Å²) in [5.41, 5.74) is 2.35. The number of nitrogens with zero attached hydrogens (tertiary/aromatic N) is 1. The van der Waals surface area contributed by atoms with Gasteiger partial charge in [0.25, 0.3) is 0 Å². The van der Waals surface area contributed by atoms with Gasteiger partial charge in [0.1, 0.15) is 5.38 Å². The molecule has 15 heavy (non-hydrogen) atoms. The number of halogens is 1. The summed E-state index contributed by atoms with van der Waals surface area (Å²) in [6, 6.07) is 8.03. The molecule has 0 radical (unpaired) electrons. The number of rotatable bonds is 3. The summed E-state index contributed by atoms with van der Waals surface area (Å²) in [7, 11) is 1.77. The first-order valence-electron chi connectivity index (χ1n) is 4.96. The SMILES string of the molecule is Cc1ccccc1CN(C)C(=O)C(C)Cl. The van der Waals surface area contributed by atoms with Gasteiger partial charge < -0.3 is 4.90 Å². The van der Waals surface area contributed by atoms with Gasteiger partial charge in [-0.25, -0.2) is 0 Å². The second kappa shape index (κ2) is 5.17. The summed E-state index contributed by atoms with van der Waals surface area (Å²) in [4.78, 5) is 13.2. The van der Waals surface area contributed by atoms with Crippen LogP contribution < -0.4 is 0 Å². The van der Waals surface area contributed by atoms with Crippen molar-refractivity contribution in [2.24, 2.45) is 0 Å². The van der Waals surface area contributed by atoms with E-state index < -0.39 is 5.38 Å². The van der Waals surface area contributed by atoms with Crippen LogP contribution in [0.25, 0.3) is 0 Å². The van der Waals surface area contributed by atoms with E-state index in [9.17, 15) is 4.79 Å². The molecule has 0 N–H and O–H groups in total. The minimum Gasteiger partial charge on any atom is -0.340 e. The Morgan fingerprint density at radius 3 is 2.60 bits per heavy atom. The van der Waals surface area contributed by atoms with Crippen LogP contribution in [-0.2, 0) is 11.3 Å². The van der Waals surface area contributed by atoms with E-state index in [1.54, 1.807) is 18.9 Å². The molecule has 3 heteroatoms. The van der Waals surface area contributed by atoms with Crippen LogP contribution in [0.4, 0.5) is 0 Å². The molecule has 1 rings (SSSR count). The molecule has 1 aromatic rings. The van der Waals surface area contributed by atoms with Gasteiger partial charge >= 0.3 is 0 Å². The van der Waals surface area contributed by atoms with E-state index >= 15 is 0 Å². The number of alkyl halides is 1. The molecule has 1 atom stereocenters. The van der Waals surface area contributed by atoms with Gasteiger partial charge in [0, 0.05) is 13.6 Å². The van der Waals surface area contributed by atoms with Crippen molar-refractivity contribution in [1.82, 2.24) is 4.90 Å². The van der Waals surface area contributed by atoms with Crippen molar-refractivity contribution in [3.8, 4) is 0 Å².